The molecule has 6 heteroatoms. The quantitative estimate of drug-likeness (QED) is 0.145. The zero-order valence-corrected chi connectivity index (χ0v) is 44.1. The van der Waals surface area contributed by atoms with Crippen molar-refractivity contribution in [2.24, 2.45) is 0 Å². The van der Waals surface area contributed by atoms with E-state index < -0.39 is 0 Å². The minimum absolute atomic E-state index is 0.272. The average Bonchev–Trinajstić information content (AvgIpc) is 4.39. The van der Waals surface area contributed by atoms with Gasteiger partial charge in [0, 0.05) is 71.3 Å². The van der Waals surface area contributed by atoms with Crippen molar-refractivity contribution in [2.75, 3.05) is 0 Å². The van der Waals surface area contributed by atoms with Crippen LogP contribution in [0.4, 0.5) is 0 Å². The van der Waals surface area contributed by atoms with Gasteiger partial charge in [0.2, 0.25) is 0 Å². The first-order valence-electron chi connectivity index (χ1n) is 27.8. The molecule has 380 valence electrons. The molecule has 15 aromatic rings. The van der Waals surface area contributed by atoms with Crippen LogP contribution >= 0.6 is 0 Å². The van der Waals surface area contributed by atoms with Crippen molar-refractivity contribution in [3.63, 3.8) is 0 Å². The first kappa shape index (κ1) is 46.4. The Morgan fingerprint density at radius 1 is 0.296 bits per heavy atom. The van der Waals surface area contributed by atoms with Gasteiger partial charge >= 0.3 is 0 Å². The van der Waals surface area contributed by atoms with Gasteiger partial charge in [0.05, 0.1) is 33.8 Å². The van der Waals surface area contributed by atoms with E-state index in [1.807, 2.05) is 60.7 Å². The summed E-state index contributed by atoms with van der Waals surface area (Å²) in [6.45, 7) is 0. The predicted molar refractivity (Wildman–Crippen MR) is 336 cm³/mol. The first-order chi connectivity index (χ1) is 40.2. The van der Waals surface area contributed by atoms with Crippen LogP contribution in [0.5, 0.6) is 0 Å². The molecule has 0 saturated heterocycles. The number of hydrogen-bond acceptors (Lipinski definition) is 3. The van der Waals surface area contributed by atoms with E-state index in [0.29, 0.717) is 17.5 Å². The van der Waals surface area contributed by atoms with E-state index in [9.17, 15) is 0 Å². The Morgan fingerprint density at radius 3 is 1.46 bits per heavy atom. The van der Waals surface area contributed by atoms with Crippen molar-refractivity contribution in [3.05, 3.63) is 285 Å². The Hall–Kier alpha value is -10.7. The summed E-state index contributed by atoms with van der Waals surface area (Å²) in [6.07, 6.45) is 9.91. The maximum absolute atomic E-state index is 5.11. The summed E-state index contributed by atoms with van der Waals surface area (Å²) >= 11 is 0. The molecule has 1 unspecified atom stereocenters. The molecule has 1 atom stereocenters. The summed E-state index contributed by atoms with van der Waals surface area (Å²) in [5.41, 5.74) is 18.9. The van der Waals surface area contributed by atoms with E-state index in [-0.39, 0.29) is 6.04 Å². The minimum Gasteiger partial charge on any atom is -0.333 e. The van der Waals surface area contributed by atoms with Gasteiger partial charge in [-0.1, -0.05) is 206 Å². The SMILES string of the molecule is C1=CCC(n2c3ccccc3c3cc(-c4ccc5c6cc(-c7cc(-c8cccc(-c9nc(-c%10ccccc%10)nc(-c%10ccccc%10)n9)c8)ccc7-n7c8ccccc8c8ccccc87)ccc6n(-c6ccccc6)c5c4)ccc32)C=C1. The van der Waals surface area contributed by atoms with Crippen LogP contribution in [0, 0.1) is 0 Å². The predicted octanol–water partition coefficient (Wildman–Crippen LogP) is 19.2. The highest BCUT2D eigenvalue weighted by atomic mass is 15.0. The molecule has 0 fully saturated rings. The van der Waals surface area contributed by atoms with E-state index in [2.05, 4.69) is 238 Å². The van der Waals surface area contributed by atoms with Gasteiger partial charge in [0.25, 0.3) is 0 Å². The molecule has 81 heavy (non-hydrogen) atoms. The van der Waals surface area contributed by atoms with E-state index in [4.69, 9.17) is 15.0 Å². The summed E-state index contributed by atoms with van der Waals surface area (Å²) in [5.74, 6) is 1.89. The Kier molecular flexibility index (Phi) is 10.9. The highest BCUT2D eigenvalue weighted by Crippen LogP contribution is 2.43. The molecule has 4 heterocycles. The van der Waals surface area contributed by atoms with Gasteiger partial charge in [0.15, 0.2) is 17.5 Å². The van der Waals surface area contributed by atoms with E-state index in [1.54, 1.807) is 0 Å². The standard InChI is InChI=1S/C75H50N6/c1-5-20-49(21-6-1)73-76-74(50-22-7-2-8-23-50)78-75(77-73)56-25-19-24-51(44-56)52-37-41-69(81-67-34-17-13-30-59(67)60-31-14-18-35-68(60)81)63(45-52)55-39-43-71-65(47-55)62-40-36-54(48-72(62)80(71)58-28-11-4-12-29-58)53-38-42-70-64(46-53)61-32-15-16-33-66(61)79(70)57-26-9-3-10-27-57/h1-26,28-48,57H,27H2. The zero-order chi connectivity index (χ0) is 53.4. The molecule has 1 aliphatic rings. The molecule has 6 nitrogen and oxygen atoms in total. The topological polar surface area (TPSA) is 53.5 Å². The van der Waals surface area contributed by atoms with Crippen molar-refractivity contribution < 1.29 is 0 Å². The fraction of sp³-hybridized carbons (Fsp3) is 0.0267. The smallest absolute Gasteiger partial charge is 0.164 e. The van der Waals surface area contributed by atoms with Crippen molar-refractivity contribution >= 4 is 65.4 Å². The van der Waals surface area contributed by atoms with E-state index in [0.717, 1.165) is 78.8 Å². The van der Waals surface area contributed by atoms with Crippen molar-refractivity contribution in [1.82, 2.24) is 28.7 Å². The second kappa shape index (κ2) is 19.0. The van der Waals surface area contributed by atoms with E-state index in [1.165, 1.54) is 54.5 Å². The molecule has 16 rings (SSSR count). The lowest BCUT2D eigenvalue weighted by Crippen LogP contribution is -2.06. The highest BCUT2D eigenvalue weighted by molar-refractivity contribution is 6.14. The third-order valence-corrected chi connectivity index (χ3v) is 16.4. The maximum Gasteiger partial charge on any atom is 0.164 e. The number of fused-ring (bicyclic) bond motifs is 9. The van der Waals surface area contributed by atoms with Gasteiger partial charge in [-0.05, 0) is 113 Å². The molecule has 0 aliphatic heterocycles. The molecule has 0 spiro atoms. The van der Waals surface area contributed by atoms with Gasteiger partial charge in [-0.25, -0.2) is 15.0 Å². The second-order valence-electron chi connectivity index (χ2n) is 21.1. The minimum atomic E-state index is 0.272. The molecule has 11 aromatic carbocycles. The fourth-order valence-corrected chi connectivity index (χ4v) is 12.6. The van der Waals surface area contributed by atoms with Crippen molar-refractivity contribution in [2.45, 2.75) is 12.5 Å². The van der Waals surface area contributed by atoms with E-state index >= 15 is 0 Å². The third kappa shape index (κ3) is 7.83. The molecule has 0 amide bonds. The van der Waals surface area contributed by atoms with Crippen LogP contribution in [0.15, 0.2) is 285 Å². The lowest BCUT2D eigenvalue weighted by Gasteiger charge is -2.18. The highest BCUT2D eigenvalue weighted by Gasteiger charge is 2.22. The Bertz CT molecular complexity index is 4910. The van der Waals surface area contributed by atoms with Crippen LogP contribution in [0.3, 0.4) is 0 Å². The van der Waals surface area contributed by atoms with Gasteiger partial charge < -0.3 is 13.7 Å². The molecule has 4 aromatic heterocycles. The molecule has 0 bridgehead atoms. The van der Waals surface area contributed by atoms with Gasteiger partial charge in [-0.3, -0.25) is 0 Å². The Balaban J connectivity index is 0.876. The number of hydrogen-bond donors (Lipinski definition) is 0. The summed E-state index contributed by atoms with van der Waals surface area (Å²) in [5, 5.41) is 7.37. The zero-order valence-electron chi connectivity index (χ0n) is 44.1. The van der Waals surface area contributed by atoms with Gasteiger partial charge in [-0.15, -0.1) is 0 Å². The van der Waals surface area contributed by atoms with Crippen LogP contribution in [-0.4, -0.2) is 28.7 Å². The largest absolute Gasteiger partial charge is 0.333 e. The van der Waals surface area contributed by atoms with Crippen LogP contribution < -0.4 is 0 Å². The summed E-state index contributed by atoms with van der Waals surface area (Å²) in [7, 11) is 0. The van der Waals surface area contributed by atoms with Crippen LogP contribution in [0.1, 0.15) is 12.5 Å². The second-order valence-corrected chi connectivity index (χ2v) is 21.1. The lowest BCUT2D eigenvalue weighted by atomic mass is 9.95. The fourth-order valence-electron chi connectivity index (χ4n) is 12.6. The average molecular weight is 1040 g/mol. The van der Waals surface area contributed by atoms with Crippen LogP contribution in [0.25, 0.3) is 144 Å². The lowest BCUT2D eigenvalue weighted by molar-refractivity contribution is 0.648. The Labute approximate surface area is 468 Å². The molecular weight excluding hydrogens is 985 g/mol. The van der Waals surface area contributed by atoms with Crippen molar-refractivity contribution in [3.8, 4) is 78.9 Å². The number of aromatic nitrogens is 6. The van der Waals surface area contributed by atoms with Gasteiger partial charge in [0.1, 0.15) is 0 Å². The number of para-hydroxylation sites is 4. The maximum atomic E-state index is 5.11. The van der Waals surface area contributed by atoms with Crippen LogP contribution in [0.2, 0.25) is 0 Å². The third-order valence-electron chi connectivity index (χ3n) is 16.4. The Morgan fingerprint density at radius 2 is 0.765 bits per heavy atom. The summed E-state index contributed by atoms with van der Waals surface area (Å²) in [4.78, 5) is 15.2. The number of benzene rings is 11. The molecule has 0 saturated carbocycles. The summed E-state index contributed by atoms with van der Waals surface area (Å²) < 4.78 is 7.40. The normalized spacial score (nSPS) is 13.4. The van der Waals surface area contributed by atoms with Gasteiger partial charge in [-0.2, -0.15) is 0 Å². The number of nitrogens with zero attached hydrogens (tertiary/aromatic N) is 6. The molecule has 0 N–H and O–H groups in total. The summed E-state index contributed by atoms with van der Waals surface area (Å²) in [6, 6.07) is 94.5. The monoisotopic (exact) mass is 1030 g/mol. The number of allylic oxidation sites excluding steroid dienone is 4. The molecule has 1 aliphatic carbocycles. The van der Waals surface area contributed by atoms with Crippen LogP contribution in [-0.2, 0) is 0 Å². The molecule has 0 radical (unpaired) electrons. The molecular formula is C75H50N6. The van der Waals surface area contributed by atoms with Crippen molar-refractivity contribution in [1.29, 1.82) is 0 Å². The first-order valence-corrected chi connectivity index (χ1v) is 27.8. The number of rotatable bonds is 9.